The zero-order chi connectivity index (χ0) is 12.3. The van der Waals surface area contributed by atoms with Gasteiger partial charge in [-0.15, -0.1) is 0 Å². The number of thioether (sulfide) groups is 1. The molecule has 0 aliphatic carbocycles. The van der Waals surface area contributed by atoms with E-state index in [9.17, 15) is 9.59 Å². The lowest BCUT2D eigenvalue weighted by Gasteiger charge is -2.32. The lowest BCUT2D eigenvalue weighted by molar-refractivity contribution is -0.151. The van der Waals surface area contributed by atoms with Crippen molar-refractivity contribution in [1.29, 1.82) is 0 Å². The first-order valence-electron chi connectivity index (χ1n) is 5.46. The van der Waals surface area contributed by atoms with Crippen molar-refractivity contribution in [3.8, 4) is 0 Å². The van der Waals surface area contributed by atoms with E-state index in [1.807, 2.05) is 11.8 Å². The van der Waals surface area contributed by atoms with Gasteiger partial charge >= 0.3 is 5.97 Å². The van der Waals surface area contributed by atoms with Crippen molar-refractivity contribution >= 4 is 23.6 Å². The number of rotatable bonds is 3. The highest BCUT2D eigenvalue weighted by atomic mass is 32.2. The van der Waals surface area contributed by atoms with Crippen LogP contribution in [-0.4, -0.2) is 46.0 Å². The summed E-state index contributed by atoms with van der Waals surface area (Å²) in [6, 6.07) is 0. The third-order valence-electron chi connectivity index (χ3n) is 2.77. The van der Waals surface area contributed by atoms with Crippen LogP contribution in [0, 0.1) is 5.41 Å². The maximum Gasteiger partial charge on any atom is 0.309 e. The van der Waals surface area contributed by atoms with Gasteiger partial charge in [0.15, 0.2) is 0 Å². The van der Waals surface area contributed by atoms with Crippen LogP contribution >= 0.6 is 11.8 Å². The molecule has 1 fully saturated rings. The Labute approximate surface area is 100 Å². The van der Waals surface area contributed by atoms with Crippen molar-refractivity contribution < 1.29 is 14.7 Å². The molecule has 1 aliphatic rings. The van der Waals surface area contributed by atoms with Crippen LogP contribution in [0.4, 0.5) is 0 Å². The third kappa shape index (κ3) is 3.40. The first-order chi connectivity index (χ1) is 7.33. The van der Waals surface area contributed by atoms with E-state index in [1.165, 1.54) is 0 Å². The van der Waals surface area contributed by atoms with Crippen LogP contribution in [0.5, 0.6) is 0 Å². The first-order valence-corrected chi connectivity index (χ1v) is 6.50. The summed E-state index contributed by atoms with van der Waals surface area (Å²) in [5.74, 6) is -0.0136. The van der Waals surface area contributed by atoms with E-state index in [-0.39, 0.29) is 12.3 Å². The van der Waals surface area contributed by atoms with E-state index in [2.05, 4.69) is 6.92 Å². The molecule has 92 valence electrons. The Morgan fingerprint density at radius 2 is 2.12 bits per heavy atom. The maximum atomic E-state index is 11.9. The number of carboxylic acids is 1. The van der Waals surface area contributed by atoms with Crippen molar-refractivity contribution in [3.63, 3.8) is 0 Å². The molecule has 1 saturated heterocycles. The van der Waals surface area contributed by atoms with Crippen molar-refractivity contribution in [2.45, 2.75) is 32.4 Å². The highest BCUT2D eigenvalue weighted by molar-refractivity contribution is 7.99. The van der Waals surface area contributed by atoms with Crippen molar-refractivity contribution in [3.05, 3.63) is 0 Å². The van der Waals surface area contributed by atoms with Gasteiger partial charge in [-0.2, -0.15) is 11.8 Å². The summed E-state index contributed by atoms with van der Waals surface area (Å²) in [4.78, 5) is 24.6. The average molecular weight is 245 g/mol. The fourth-order valence-electron chi connectivity index (χ4n) is 1.61. The predicted octanol–water partition coefficient (Wildman–Crippen LogP) is 1.45. The smallest absolute Gasteiger partial charge is 0.309 e. The van der Waals surface area contributed by atoms with Gasteiger partial charge in [0.1, 0.15) is 0 Å². The van der Waals surface area contributed by atoms with E-state index >= 15 is 0 Å². The van der Waals surface area contributed by atoms with Crippen LogP contribution in [0.25, 0.3) is 0 Å². The highest BCUT2D eigenvalue weighted by Gasteiger charge is 2.33. The second-order valence-electron chi connectivity index (χ2n) is 4.89. The molecule has 5 heteroatoms. The fourth-order valence-corrected chi connectivity index (χ4v) is 2.62. The number of carboxylic acid groups (broad SMARTS) is 1. The minimum atomic E-state index is -0.967. The molecule has 1 aliphatic heterocycles. The Kier molecular flexibility index (Phi) is 4.24. The quantitative estimate of drug-likeness (QED) is 0.817. The monoisotopic (exact) mass is 245 g/mol. The van der Waals surface area contributed by atoms with E-state index in [4.69, 9.17) is 5.11 Å². The largest absolute Gasteiger partial charge is 0.481 e. The molecular weight excluding hydrogens is 226 g/mol. The molecule has 1 rings (SSSR count). The van der Waals surface area contributed by atoms with Crippen LogP contribution < -0.4 is 0 Å². The highest BCUT2D eigenvalue weighted by Crippen LogP contribution is 2.24. The summed E-state index contributed by atoms with van der Waals surface area (Å²) in [6.45, 7) is 6.75. The normalized spacial score (nSPS) is 21.9. The van der Waals surface area contributed by atoms with Crippen LogP contribution in [-0.2, 0) is 9.59 Å². The standard InChI is InChI=1S/C11H19NO3S/c1-8-7-12(4-5-16-8)9(13)6-11(2,3)10(14)15/h8H,4-7H2,1-3H3,(H,14,15). The number of aliphatic carboxylic acids is 1. The Hall–Kier alpha value is -0.710. The Morgan fingerprint density at radius 3 is 2.62 bits per heavy atom. The molecule has 1 amide bonds. The molecule has 0 bridgehead atoms. The van der Waals surface area contributed by atoms with Crippen molar-refractivity contribution in [1.82, 2.24) is 4.90 Å². The summed E-state index contributed by atoms with van der Waals surface area (Å²) < 4.78 is 0. The summed E-state index contributed by atoms with van der Waals surface area (Å²) in [5, 5.41) is 9.42. The van der Waals surface area contributed by atoms with E-state index < -0.39 is 11.4 Å². The van der Waals surface area contributed by atoms with E-state index in [0.29, 0.717) is 5.25 Å². The zero-order valence-electron chi connectivity index (χ0n) is 10.0. The van der Waals surface area contributed by atoms with Gasteiger partial charge in [-0.05, 0) is 13.8 Å². The fraction of sp³-hybridized carbons (Fsp3) is 0.818. The predicted molar refractivity (Wildman–Crippen MR) is 64.5 cm³/mol. The lowest BCUT2D eigenvalue weighted by Crippen LogP contribution is -2.43. The number of hydrogen-bond donors (Lipinski definition) is 1. The van der Waals surface area contributed by atoms with Crippen LogP contribution in [0.15, 0.2) is 0 Å². The van der Waals surface area contributed by atoms with Gasteiger partial charge in [0, 0.05) is 30.5 Å². The summed E-state index contributed by atoms with van der Waals surface area (Å²) in [7, 11) is 0. The third-order valence-corrected chi connectivity index (χ3v) is 3.90. The zero-order valence-corrected chi connectivity index (χ0v) is 10.8. The number of hydrogen-bond acceptors (Lipinski definition) is 3. The first kappa shape index (κ1) is 13.4. The molecule has 4 nitrogen and oxygen atoms in total. The van der Waals surface area contributed by atoms with Gasteiger partial charge in [0.2, 0.25) is 5.91 Å². The second kappa shape index (κ2) is 5.08. The van der Waals surface area contributed by atoms with Gasteiger partial charge in [0.25, 0.3) is 0 Å². The van der Waals surface area contributed by atoms with Gasteiger partial charge in [0.05, 0.1) is 5.41 Å². The van der Waals surface area contributed by atoms with Gasteiger partial charge in [-0.1, -0.05) is 6.92 Å². The van der Waals surface area contributed by atoms with Gasteiger partial charge < -0.3 is 10.0 Å². The number of amides is 1. The summed E-state index contributed by atoms with van der Waals surface area (Å²) in [5.41, 5.74) is -0.967. The minimum absolute atomic E-state index is 0.0421. The average Bonchev–Trinajstić information content (AvgIpc) is 2.16. The van der Waals surface area contributed by atoms with Crippen molar-refractivity contribution in [2.75, 3.05) is 18.8 Å². The molecule has 1 unspecified atom stereocenters. The Balaban J connectivity index is 2.55. The minimum Gasteiger partial charge on any atom is -0.481 e. The van der Waals surface area contributed by atoms with Crippen molar-refractivity contribution in [2.24, 2.45) is 5.41 Å². The molecule has 0 aromatic carbocycles. The van der Waals surface area contributed by atoms with Gasteiger partial charge in [-0.3, -0.25) is 9.59 Å². The van der Waals surface area contributed by atoms with E-state index in [0.717, 1.165) is 18.8 Å². The molecule has 0 aromatic heterocycles. The number of carbonyl (C=O) groups excluding carboxylic acids is 1. The van der Waals surface area contributed by atoms with Crippen LogP contribution in [0.1, 0.15) is 27.2 Å². The summed E-state index contributed by atoms with van der Waals surface area (Å²) in [6.07, 6.45) is 0.0831. The lowest BCUT2D eigenvalue weighted by atomic mass is 9.89. The van der Waals surface area contributed by atoms with Gasteiger partial charge in [-0.25, -0.2) is 0 Å². The molecule has 0 radical (unpaired) electrons. The number of nitrogens with zero attached hydrogens (tertiary/aromatic N) is 1. The number of carbonyl (C=O) groups is 2. The molecule has 0 spiro atoms. The molecular formula is C11H19NO3S. The molecule has 1 heterocycles. The molecule has 0 saturated carbocycles. The maximum absolute atomic E-state index is 11.9. The van der Waals surface area contributed by atoms with Crippen LogP contribution in [0.3, 0.4) is 0 Å². The second-order valence-corrected chi connectivity index (χ2v) is 6.43. The Morgan fingerprint density at radius 1 is 1.50 bits per heavy atom. The molecule has 16 heavy (non-hydrogen) atoms. The Bertz CT molecular complexity index is 291. The molecule has 1 N–H and O–H groups in total. The summed E-state index contributed by atoms with van der Waals surface area (Å²) >= 11 is 1.85. The molecule has 1 atom stereocenters. The SMILES string of the molecule is CC1CN(C(=O)CC(C)(C)C(=O)O)CCS1. The van der Waals surface area contributed by atoms with E-state index in [1.54, 1.807) is 18.7 Å². The molecule has 0 aromatic rings. The topological polar surface area (TPSA) is 57.6 Å². The van der Waals surface area contributed by atoms with Crippen LogP contribution in [0.2, 0.25) is 0 Å².